The third kappa shape index (κ3) is 16.5. The van der Waals surface area contributed by atoms with Gasteiger partial charge in [-0.05, 0) is 56.9 Å². The van der Waals surface area contributed by atoms with Crippen LogP contribution in [0.2, 0.25) is 0 Å². The van der Waals surface area contributed by atoms with Crippen molar-refractivity contribution in [2.75, 3.05) is 19.6 Å². The van der Waals surface area contributed by atoms with Crippen LogP contribution in [0.5, 0.6) is 0 Å². The van der Waals surface area contributed by atoms with Gasteiger partial charge in [-0.2, -0.15) is 0 Å². The Morgan fingerprint density at radius 2 is 1.19 bits per heavy atom. The van der Waals surface area contributed by atoms with Gasteiger partial charge in [0.05, 0.1) is 18.9 Å². The molecular weight excluding hydrogens is 883 g/mol. The molecule has 0 saturated carbocycles. The van der Waals surface area contributed by atoms with Crippen molar-refractivity contribution in [1.29, 1.82) is 0 Å². The normalized spacial score (nSPS) is 18.8. The number of benzene rings is 1. The van der Waals surface area contributed by atoms with Gasteiger partial charge in [-0.1, -0.05) is 44.2 Å². The van der Waals surface area contributed by atoms with Crippen molar-refractivity contribution < 1.29 is 68.4 Å². The molecule has 2 heterocycles. The third-order valence-electron chi connectivity index (χ3n) is 11.2. The molecule has 1 aromatic rings. The molecule has 3 rings (SSSR count). The second-order valence-corrected chi connectivity index (χ2v) is 16.8. The van der Waals surface area contributed by atoms with Crippen LogP contribution in [0, 0.1) is 5.92 Å². The van der Waals surface area contributed by atoms with Gasteiger partial charge in [-0.3, -0.25) is 48.1 Å². The van der Waals surface area contributed by atoms with Gasteiger partial charge in [-0.25, -0.2) is 4.79 Å². The van der Waals surface area contributed by atoms with Crippen LogP contribution >= 0.6 is 0 Å². The lowest BCUT2D eigenvalue weighted by Gasteiger charge is -2.32. The first kappa shape index (κ1) is 54.4. The maximum atomic E-state index is 14.2. The summed E-state index contributed by atoms with van der Waals surface area (Å²) in [4.78, 5) is 138. The highest BCUT2D eigenvalue weighted by molar-refractivity contribution is 5.99. The van der Waals surface area contributed by atoms with Crippen LogP contribution in [-0.4, -0.2) is 170 Å². The molecule has 15 N–H and O–H groups in total. The molecule has 2 fully saturated rings. The largest absolute Gasteiger partial charge is 0.481 e. The van der Waals surface area contributed by atoms with E-state index in [0.717, 1.165) is 4.90 Å². The molecule has 25 nitrogen and oxygen atoms in total. The van der Waals surface area contributed by atoms with E-state index in [4.69, 9.17) is 17.2 Å². The predicted octanol–water partition coefficient (Wildman–Crippen LogP) is -3.91. The van der Waals surface area contributed by atoms with Crippen molar-refractivity contribution in [3.63, 3.8) is 0 Å². The number of likely N-dealkylation sites (tertiary alicyclic amines) is 2. The Bertz CT molecular complexity index is 2000. The first-order chi connectivity index (χ1) is 31.5. The number of nitrogens with zero attached hydrogens (tertiary/aromatic N) is 3. The van der Waals surface area contributed by atoms with E-state index in [0.29, 0.717) is 18.4 Å². The number of aliphatic hydroxyl groups is 1. The van der Waals surface area contributed by atoms with Crippen LogP contribution in [0.3, 0.4) is 0 Å². The highest BCUT2D eigenvalue weighted by atomic mass is 16.4. The Morgan fingerprint density at radius 3 is 1.75 bits per heavy atom. The van der Waals surface area contributed by atoms with E-state index in [1.54, 1.807) is 44.2 Å². The number of hydrogen-bond acceptors (Lipinski definition) is 13. The Balaban J connectivity index is 1.87. The molecule has 0 radical (unpaired) electrons. The maximum Gasteiger partial charge on any atom is 0.326 e. The average Bonchev–Trinajstić information content (AvgIpc) is 3.96. The standard InChI is InChI=1S/C42H63N11O14/c1-21(2)33(38(63)49-25(18-23-10-5-4-6-11-23)34(59)50-27(20-31(57)58)40(65)53-17-9-14-29(53)41(66)67)51-36(61)28-13-8-16-52(28)39(64)24(12-7-15-46-42(44)45)47-35(60)26(19-30(55)56)48-37(62)32(43)22(3)54/h4-6,10-11,21-22,24-29,32-33,54H,7-9,12-20,43H2,1-3H3,(H,47,60)(H,48,62)(H,49,63)(H,50,59)(H,51,61)(H,55,56)(H,57,58)(H,66,67)(H4,44,45,46)/t22-,24+,25+,26+,27+,28+,29+,32+,33+/m1/s1. The number of rotatable bonds is 25. The van der Waals surface area contributed by atoms with Gasteiger partial charge < -0.3 is 74.0 Å². The molecule has 9 atom stereocenters. The number of nitrogens with two attached hydrogens (primary N) is 3. The lowest BCUT2D eigenvalue weighted by atomic mass is 10.00. The zero-order chi connectivity index (χ0) is 50.1. The zero-order valence-electron chi connectivity index (χ0n) is 37.6. The van der Waals surface area contributed by atoms with Crippen molar-refractivity contribution in [3.05, 3.63) is 35.9 Å². The van der Waals surface area contributed by atoms with Gasteiger partial charge in [-0.15, -0.1) is 0 Å². The van der Waals surface area contributed by atoms with E-state index in [-0.39, 0.29) is 57.7 Å². The smallest absolute Gasteiger partial charge is 0.326 e. The number of hydrogen-bond donors (Lipinski definition) is 12. The minimum atomic E-state index is -1.74. The molecule has 2 saturated heterocycles. The number of nitrogens with one attached hydrogen (secondary N) is 5. The van der Waals surface area contributed by atoms with Crippen molar-refractivity contribution in [2.45, 2.75) is 133 Å². The van der Waals surface area contributed by atoms with Gasteiger partial charge in [0.25, 0.3) is 0 Å². The first-order valence-electron chi connectivity index (χ1n) is 21.8. The Kier molecular flexibility index (Phi) is 20.9. The third-order valence-corrected chi connectivity index (χ3v) is 11.2. The number of amides is 7. The molecule has 7 amide bonds. The summed E-state index contributed by atoms with van der Waals surface area (Å²) in [7, 11) is 0. The van der Waals surface area contributed by atoms with E-state index in [2.05, 4.69) is 31.6 Å². The molecular formula is C42H63N11O14. The Labute approximate surface area is 386 Å². The summed E-state index contributed by atoms with van der Waals surface area (Å²) < 4.78 is 0. The minimum Gasteiger partial charge on any atom is -0.481 e. The summed E-state index contributed by atoms with van der Waals surface area (Å²) >= 11 is 0. The summed E-state index contributed by atoms with van der Waals surface area (Å²) in [5.41, 5.74) is 17.1. The number of aliphatic carboxylic acids is 3. The molecule has 0 spiro atoms. The lowest BCUT2D eigenvalue weighted by Crippen LogP contribution is -2.61. The molecule has 2 aliphatic rings. The van der Waals surface area contributed by atoms with Crippen LogP contribution in [0.4, 0.5) is 0 Å². The molecule has 1 aromatic carbocycles. The van der Waals surface area contributed by atoms with E-state index in [9.17, 15) is 68.4 Å². The van der Waals surface area contributed by atoms with Crippen LogP contribution in [0.1, 0.15) is 77.7 Å². The summed E-state index contributed by atoms with van der Waals surface area (Å²) in [6.45, 7) is 4.48. The summed E-state index contributed by atoms with van der Waals surface area (Å²) in [5.74, 6) is -11.5. The van der Waals surface area contributed by atoms with Crippen LogP contribution in [0.25, 0.3) is 0 Å². The van der Waals surface area contributed by atoms with Crippen molar-refractivity contribution in [3.8, 4) is 0 Å². The predicted molar refractivity (Wildman–Crippen MR) is 236 cm³/mol. The van der Waals surface area contributed by atoms with E-state index < -0.39 is 132 Å². The van der Waals surface area contributed by atoms with E-state index in [1.165, 1.54) is 11.8 Å². The quantitative estimate of drug-likeness (QED) is 0.0253. The molecule has 0 aliphatic carbocycles. The molecule has 25 heteroatoms. The summed E-state index contributed by atoms with van der Waals surface area (Å²) in [6, 6.07) is -3.17. The second-order valence-electron chi connectivity index (χ2n) is 16.8. The van der Waals surface area contributed by atoms with Crippen LogP contribution in [0.15, 0.2) is 35.3 Å². The van der Waals surface area contributed by atoms with E-state index >= 15 is 0 Å². The topological polar surface area (TPSA) is 409 Å². The first-order valence-corrected chi connectivity index (χ1v) is 21.8. The highest BCUT2D eigenvalue weighted by Crippen LogP contribution is 2.22. The van der Waals surface area contributed by atoms with Crippen molar-refractivity contribution >= 4 is 65.2 Å². The van der Waals surface area contributed by atoms with Gasteiger partial charge in [0.1, 0.15) is 48.3 Å². The fraction of sp³-hybridized carbons (Fsp3) is 0.595. The van der Waals surface area contributed by atoms with Crippen LogP contribution < -0.4 is 43.8 Å². The molecule has 0 unspecified atom stereocenters. The maximum absolute atomic E-state index is 14.2. The van der Waals surface area contributed by atoms with Gasteiger partial charge in [0, 0.05) is 26.1 Å². The Hall–Kier alpha value is -6.89. The highest BCUT2D eigenvalue weighted by Gasteiger charge is 2.42. The summed E-state index contributed by atoms with van der Waals surface area (Å²) in [6.07, 6.45) is -2.43. The summed E-state index contributed by atoms with van der Waals surface area (Å²) in [5, 5.41) is 50.9. The van der Waals surface area contributed by atoms with Crippen molar-refractivity contribution in [2.24, 2.45) is 28.1 Å². The number of carboxylic acids is 3. The average molecular weight is 946 g/mol. The molecule has 0 aromatic heterocycles. The Morgan fingerprint density at radius 1 is 0.687 bits per heavy atom. The molecule has 2 aliphatic heterocycles. The monoisotopic (exact) mass is 945 g/mol. The second kappa shape index (κ2) is 25.7. The zero-order valence-corrected chi connectivity index (χ0v) is 37.6. The number of aliphatic hydroxyl groups excluding tert-OH is 1. The van der Waals surface area contributed by atoms with Gasteiger partial charge in [0.15, 0.2) is 5.96 Å². The fourth-order valence-corrected chi connectivity index (χ4v) is 7.65. The number of carbonyl (C=O) groups excluding carboxylic acids is 7. The van der Waals surface area contributed by atoms with Crippen LogP contribution in [-0.2, 0) is 54.4 Å². The molecule has 67 heavy (non-hydrogen) atoms. The lowest BCUT2D eigenvalue weighted by molar-refractivity contribution is -0.150. The number of aliphatic imine (C=N–C) groups is 1. The number of carboxylic acid groups (broad SMARTS) is 3. The van der Waals surface area contributed by atoms with Gasteiger partial charge in [0.2, 0.25) is 41.4 Å². The van der Waals surface area contributed by atoms with Crippen molar-refractivity contribution in [1.82, 2.24) is 36.4 Å². The number of carbonyl (C=O) groups is 10. The number of guanidine groups is 1. The SMILES string of the molecule is CC(C)[C@H](NC(=O)[C@@H]1CCCN1C(=O)[C@H](CCCN=C(N)N)NC(=O)[C@H](CC(=O)O)NC(=O)[C@@H](N)[C@@H](C)O)C(=O)N[C@@H](Cc1ccccc1)C(=O)N[C@@H](CC(=O)O)C(=O)N1CCC[C@H]1C(=O)O. The van der Waals surface area contributed by atoms with Gasteiger partial charge >= 0.3 is 17.9 Å². The van der Waals surface area contributed by atoms with E-state index in [1.807, 2.05) is 0 Å². The minimum absolute atomic E-state index is 0.0130. The molecule has 0 bridgehead atoms. The fourth-order valence-electron chi connectivity index (χ4n) is 7.65. The molecule has 370 valence electrons.